The van der Waals surface area contributed by atoms with Gasteiger partial charge in [-0.05, 0) is 57.9 Å². The number of hydrogen-bond donors (Lipinski definition) is 3. The molecule has 162 valence electrons. The number of hydrogen-bond acceptors (Lipinski definition) is 4. The first kappa shape index (κ1) is 22.7. The second kappa shape index (κ2) is 9.89. The molecule has 0 spiro atoms. The molecule has 1 aromatic heterocycles. The van der Waals surface area contributed by atoms with Crippen LogP contribution in [0.2, 0.25) is 0 Å². The van der Waals surface area contributed by atoms with Crippen molar-refractivity contribution in [2.24, 2.45) is 0 Å². The zero-order chi connectivity index (χ0) is 21.1. The van der Waals surface area contributed by atoms with Gasteiger partial charge in [0, 0.05) is 17.8 Å². The van der Waals surface area contributed by atoms with Crippen molar-refractivity contribution in [3.05, 3.63) is 86.5 Å². The van der Waals surface area contributed by atoms with Crippen LogP contribution in [0.25, 0.3) is 11.0 Å². The molecule has 0 atom stereocenters. The molecular weight excluding hydrogens is 489 g/mol. The molecule has 1 heterocycles. The maximum atomic E-state index is 13.8. The summed E-state index contributed by atoms with van der Waals surface area (Å²) in [6.45, 7) is 0.622. The molecule has 0 fully saturated rings. The van der Waals surface area contributed by atoms with Crippen molar-refractivity contribution in [3.63, 3.8) is 0 Å². The second-order valence-corrected chi connectivity index (χ2v) is 7.54. The molecule has 4 aromatic rings. The van der Waals surface area contributed by atoms with Gasteiger partial charge in [0.05, 0.1) is 22.6 Å². The number of nitrogens with one attached hydrogen (secondary N) is 3. The summed E-state index contributed by atoms with van der Waals surface area (Å²) in [7, 11) is 1.56. The van der Waals surface area contributed by atoms with E-state index in [0.717, 1.165) is 22.3 Å². The predicted molar refractivity (Wildman–Crippen MR) is 118 cm³/mol. The van der Waals surface area contributed by atoms with Crippen molar-refractivity contribution in [1.29, 1.82) is 0 Å². The number of H-pyrrole nitrogens is 2. The zero-order valence-electron chi connectivity index (χ0n) is 16.5. The monoisotopic (exact) mass is 506 g/mol. The highest BCUT2D eigenvalue weighted by atomic mass is 79.9. The molecule has 31 heavy (non-hydrogen) atoms. The van der Waals surface area contributed by atoms with Crippen LogP contribution in [-0.4, -0.2) is 17.1 Å². The van der Waals surface area contributed by atoms with E-state index in [0.29, 0.717) is 28.1 Å². The normalized spacial score (nSPS) is 10.5. The van der Waals surface area contributed by atoms with Crippen molar-refractivity contribution < 1.29 is 26.3 Å². The van der Waals surface area contributed by atoms with Crippen molar-refractivity contribution in [2.45, 2.75) is 13.2 Å². The molecule has 9 heteroatoms. The number of rotatable bonds is 7. The molecule has 0 bridgehead atoms. The third kappa shape index (κ3) is 5.21. The van der Waals surface area contributed by atoms with E-state index in [9.17, 15) is 9.18 Å². The number of benzene rings is 3. The summed E-state index contributed by atoms with van der Waals surface area (Å²) in [5, 5.41) is 3.32. The lowest BCUT2D eigenvalue weighted by atomic mass is 10.2. The van der Waals surface area contributed by atoms with Gasteiger partial charge in [-0.25, -0.2) is 9.18 Å². The number of fused-ring (bicyclic) bond motifs is 1. The largest absolute Gasteiger partial charge is 1.00 e. The quantitative estimate of drug-likeness (QED) is 0.357. The lowest BCUT2D eigenvalue weighted by molar-refractivity contribution is -0.00000723. The minimum absolute atomic E-state index is 0. The standard InChI is InChI=1S/C22H19BrFN3O3.ClH/c1-29-20-9-13(11-25-15-6-7-18-19(10-15)27-22(28)26-18)8-16(23)21(20)30-12-14-4-2-3-5-17(14)24;/h2-10,25H,11-12H2,1H3,(H2,26,27,28);1H/p-1. The molecule has 3 aromatic carbocycles. The van der Waals surface area contributed by atoms with Crippen molar-refractivity contribution >= 4 is 32.7 Å². The Bertz CT molecular complexity index is 1260. The lowest BCUT2D eigenvalue weighted by Crippen LogP contribution is -3.00. The SMILES string of the molecule is COc1cc(CNc2ccc3[nH]c(=O)[nH]c3c2)cc(Br)c1OCc1ccccc1F.[Cl-]. The molecule has 0 aliphatic carbocycles. The minimum Gasteiger partial charge on any atom is -1.00 e. The van der Waals surface area contributed by atoms with Gasteiger partial charge in [0.2, 0.25) is 0 Å². The summed E-state index contributed by atoms with van der Waals surface area (Å²) in [5.74, 6) is 0.743. The fourth-order valence-corrected chi connectivity index (χ4v) is 3.73. The van der Waals surface area contributed by atoms with Crippen molar-refractivity contribution in [1.82, 2.24) is 9.97 Å². The van der Waals surface area contributed by atoms with Gasteiger partial charge in [-0.2, -0.15) is 0 Å². The van der Waals surface area contributed by atoms with Crippen LogP contribution in [0.4, 0.5) is 10.1 Å². The highest BCUT2D eigenvalue weighted by molar-refractivity contribution is 9.10. The first-order valence-corrected chi connectivity index (χ1v) is 10.0. The predicted octanol–water partition coefficient (Wildman–Crippen LogP) is 1.96. The Labute approximate surface area is 192 Å². The molecule has 6 nitrogen and oxygen atoms in total. The molecule has 0 saturated heterocycles. The van der Waals surface area contributed by atoms with Crippen LogP contribution in [0, 0.1) is 5.82 Å². The van der Waals surface area contributed by atoms with Gasteiger partial charge in [0.1, 0.15) is 12.4 Å². The smallest absolute Gasteiger partial charge is 0.323 e. The lowest BCUT2D eigenvalue weighted by Gasteiger charge is -2.15. The van der Waals surface area contributed by atoms with Crippen LogP contribution >= 0.6 is 15.9 Å². The number of methoxy groups -OCH3 is 1. The number of aromatic amines is 2. The fourth-order valence-electron chi connectivity index (χ4n) is 3.13. The van der Waals surface area contributed by atoms with E-state index in [1.54, 1.807) is 25.3 Å². The van der Waals surface area contributed by atoms with E-state index >= 15 is 0 Å². The Kier molecular flexibility index (Phi) is 7.25. The molecule has 0 saturated carbocycles. The zero-order valence-corrected chi connectivity index (χ0v) is 18.8. The highest BCUT2D eigenvalue weighted by Crippen LogP contribution is 2.37. The Morgan fingerprint density at radius 1 is 1.06 bits per heavy atom. The summed E-state index contributed by atoms with van der Waals surface area (Å²) in [4.78, 5) is 16.9. The number of aromatic nitrogens is 2. The van der Waals surface area contributed by atoms with E-state index < -0.39 is 0 Å². The van der Waals surface area contributed by atoms with Gasteiger partial charge in [0.25, 0.3) is 0 Å². The summed E-state index contributed by atoms with van der Waals surface area (Å²) in [5.41, 5.74) is 3.55. The number of imidazole rings is 1. The van der Waals surface area contributed by atoms with Gasteiger partial charge < -0.3 is 37.2 Å². The third-order valence-electron chi connectivity index (χ3n) is 4.63. The van der Waals surface area contributed by atoms with Crippen LogP contribution in [0.15, 0.2) is 63.9 Å². The Morgan fingerprint density at radius 3 is 2.61 bits per heavy atom. The van der Waals surface area contributed by atoms with Gasteiger partial charge in [0.15, 0.2) is 11.5 Å². The van der Waals surface area contributed by atoms with Crippen LogP contribution < -0.4 is 32.9 Å². The molecule has 4 rings (SSSR count). The molecule has 0 aliphatic heterocycles. The molecule has 0 aliphatic rings. The van der Waals surface area contributed by atoms with Crippen LogP contribution in [0.1, 0.15) is 11.1 Å². The third-order valence-corrected chi connectivity index (χ3v) is 5.22. The highest BCUT2D eigenvalue weighted by Gasteiger charge is 2.13. The van der Waals surface area contributed by atoms with E-state index in [1.807, 2.05) is 30.3 Å². The molecule has 0 unspecified atom stereocenters. The average molecular weight is 508 g/mol. The first-order chi connectivity index (χ1) is 14.5. The number of ether oxygens (including phenoxy) is 2. The summed E-state index contributed by atoms with van der Waals surface area (Å²) < 4.78 is 25.9. The number of halogens is 3. The first-order valence-electron chi connectivity index (χ1n) is 9.22. The van der Waals surface area contributed by atoms with Crippen molar-refractivity contribution in [2.75, 3.05) is 12.4 Å². The topological polar surface area (TPSA) is 79.1 Å². The summed E-state index contributed by atoms with van der Waals surface area (Å²) in [6.07, 6.45) is 0. The van der Waals surface area contributed by atoms with Crippen LogP contribution in [-0.2, 0) is 13.2 Å². The maximum absolute atomic E-state index is 13.8. The fraction of sp³-hybridized carbons (Fsp3) is 0.136. The molecule has 3 N–H and O–H groups in total. The summed E-state index contributed by atoms with van der Waals surface area (Å²) >= 11 is 3.52. The Hall–Kier alpha value is -2.97. The van der Waals surface area contributed by atoms with Crippen LogP contribution in [0.5, 0.6) is 11.5 Å². The second-order valence-electron chi connectivity index (χ2n) is 6.68. The minimum atomic E-state index is -0.311. The van der Waals surface area contributed by atoms with E-state index in [2.05, 4.69) is 31.2 Å². The Balaban J connectivity index is 0.00000272. The molecule has 0 amide bonds. The van der Waals surface area contributed by atoms with E-state index in [4.69, 9.17) is 9.47 Å². The number of anilines is 1. The van der Waals surface area contributed by atoms with Crippen molar-refractivity contribution in [3.8, 4) is 11.5 Å². The Morgan fingerprint density at radius 2 is 1.84 bits per heavy atom. The summed E-state index contributed by atoms with van der Waals surface area (Å²) in [6, 6.07) is 15.9. The van der Waals surface area contributed by atoms with Crippen LogP contribution in [0.3, 0.4) is 0 Å². The molecule has 0 radical (unpaired) electrons. The van der Waals surface area contributed by atoms with Gasteiger partial charge >= 0.3 is 5.69 Å². The van der Waals surface area contributed by atoms with E-state index in [1.165, 1.54) is 6.07 Å². The average Bonchev–Trinajstić information content (AvgIpc) is 3.11. The van der Waals surface area contributed by atoms with Gasteiger partial charge in [-0.3, -0.25) is 0 Å². The maximum Gasteiger partial charge on any atom is 0.323 e. The molecular formula is C22H19BrClFN3O3-. The van der Waals surface area contributed by atoms with E-state index in [-0.39, 0.29) is 30.5 Å². The van der Waals surface area contributed by atoms with Gasteiger partial charge in [-0.15, -0.1) is 0 Å². The van der Waals surface area contributed by atoms with Gasteiger partial charge in [-0.1, -0.05) is 18.2 Å².